The van der Waals surface area contributed by atoms with Crippen molar-refractivity contribution >= 4 is 11.8 Å². The van der Waals surface area contributed by atoms with Crippen molar-refractivity contribution in [2.45, 2.75) is 26.3 Å². The SMILES string of the molecule is CCC(=O)N1CCN(C(=O)c2cccc(F)c2)C(C)C1. The van der Waals surface area contributed by atoms with Gasteiger partial charge in [0.1, 0.15) is 5.82 Å². The van der Waals surface area contributed by atoms with Crippen molar-refractivity contribution in [2.75, 3.05) is 19.6 Å². The number of carbonyl (C=O) groups excluding carboxylic acids is 2. The first-order valence-corrected chi connectivity index (χ1v) is 6.87. The summed E-state index contributed by atoms with van der Waals surface area (Å²) in [6, 6.07) is 5.65. The van der Waals surface area contributed by atoms with Gasteiger partial charge in [0.05, 0.1) is 0 Å². The van der Waals surface area contributed by atoms with Crippen LogP contribution in [0.4, 0.5) is 4.39 Å². The van der Waals surface area contributed by atoms with Crippen molar-refractivity contribution in [2.24, 2.45) is 0 Å². The summed E-state index contributed by atoms with van der Waals surface area (Å²) in [5.41, 5.74) is 0.354. The molecule has 0 spiro atoms. The molecule has 2 rings (SSSR count). The van der Waals surface area contributed by atoms with Crippen LogP contribution in [-0.2, 0) is 4.79 Å². The van der Waals surface area contributed by atoms with Gasteiger partial charge >= 0.3 is 0 Å². The number of piperazine rings is 1. The fourth-order valence-corrected chi connectivity index (χ4v) is 2.50. The molecule has 2 amide bonds. The van der Waals surface area contributed by atoms with Crippen LogP contribution in [0.15, 0.2) is 24.3 Å². The Morgan fingerprint density at radius 2 is 2.10 bits per heavy atom. The molecule has 0 N–H and O–H groups in total. The second-order valence-corrected chi connectivity index (χ2v) is 5.05. The van der Waals surface area contributed by atoms with E-state index in [1.54, 1.807) is 15.9 Å². The minimum Gasteiger partial charge on any atom is -0.339 e. The van der Waals surface area contributed by atoms with Crippen LogP contribution in [0.1, 0.15) is 30.6 Å². The summed E-state index contributed by atoms with van der Waals surface area (Å²) in [5, 5.41) is 0. The third-order valence-electron chi connectivity index (χ3n) is 3.62. The molecule has 0 aromatic heterocycles. The molecule has 1 heterocycles. The van der Waals surface area contributed by atoms with Crippen molar-refractivity contribution in [3.63, 3.8) is 0 Å². The van der Waals surface area contributed by atoms with E-state index in [4.69, 9.17) is 0 Å². The highest BCUT2D eigenvalue weighted by Crippen LogP contribution is 2.15. The molecule has 1 aliphatic rings. The van der Waals surface area contributed by atoms with Gasteiger partial charge in [-0.2, -0.15) is 0 Å². The lowest BCUT2D eigenvalue weighted by molar-refractivity contribution is -0.133. The lowest BCUT2D eigenvalue weighted by Gasteiger charge is -2.39. The molecular formula is C15H19FN2O2. The van der Waals surface area contributed by atoms with Crippen molar-refractivity contribution < 1.29 is 14.0 Å². The number of hydrogen-bond acceptors (Lipinski definition) is 2. The molecule has 1 aromatic carbocycles. The van der Waals surface area contributed by atoms with Crippen LogP contribution in [0.25, 0.3) is 0 Å². The van der Waals surface area contributed by atoms with E-state index in [0.29, 0.717) is 31.6 Å². The van der Waals surface area contributed by atoms with Gasteiger partial charge in [0.15, 0.2) is 0 Å². The molecular weight excluding hydrogens is 259 g/mol. The van der Waals surface area contributed by atoms with Gasteiger partial charge in [0.25, 0.3) is 5.91 Å². The minimum atomic E-state index is -0.414. The van der Waals surface area contributed by atoms with E-state index in [2.05, 4.69) is 0 Å². The third kappa shape index (κ3) is 2.98. The zero-order valence-electron chi connectivity index (χ0n) is 11.8. The van der Waals surface area contributed by atoms with Crippen LogP contribution in [0, 0.1) is 5.82 Å². The highest BCUT2D eigenvalue weighted by Gasteiger charge is 2.29. The predicted molar refractivity (Wildman–Crippen MR) is 73.8 cm³/mol. The number of hydrogen-bond donors (Lipinski definition) is 0. The molecule has 0 radical (unpaired) electrons. The Morgan fingerprint density at radius 1 is 1.35 bits per heavy atom. The highest BCUT2D eigenvalue weighted by molar-refractivity contribution is 5.94. The Bertz CT molecular complexity index is 518. The van der Waals surface area contributed by atoms with Gasteiger partial charge in [-0.1, -0.05) is 13.0 Å². The van der Waals surface area contributed by atoms with Gasteiger partial charge in [0.2, 0.25) is 5.91 Å². The summed E-state index contributed by atoms with van der Waals surface area (Å²) < 4.78 is 13.2. The molecule has 20 heavy (non-hydrogen) atoms. The Hall–Kier alpha value is -1.91. The van der Waals surface area contributed by atoms with Crippen molar-refractivity contribution in [1.29, 1.82) is 0 Å². The normalized spacial score (nSPS) is 19.1. The molecule has 5 heteroatoms. The largest absolute Gasteiger partial charge is 0.339 e. The van der Waals surface area contributed by atoms with E-state index in [9.17, 15) is 14.0 Å². The van der Waals surface area contributed by atoms with E-state index in [1.807, 2.05) is 13.8 Å². The zero-order chi connectivity index (χ0) is 14.7. The number of amides is 2. The number of nitrogens with zero attached hydrogens (tertiary/aromatic N) is 2. The summed E-state index contributed by atoms with van der Waals surface area (Å²) in [6.45, 7) is 5.30. The average Bonchev–Trinajstić information content (AvgIpc) is 2.45. The predicted octanol–water partition coefficient (Wildman–Crippen LogP) is 1.91. The van der Waals surface area contributed by atoms with Gasteiger partial charge in [-0.3, -0.25) is 9.59 Å². The van der Waals surface area contributed by atoms with E-state index >= 15 is 0 Å². The molecule has 1 aliphatic heterocycles. The van der Waals surface area contributed by atoms with Crippen LogP contribution >= 0.6 is 0 Å². The maximum Gasteiger partial charge on any atom is 0.254 e. The molecule has 1 aromatic rings. The quantitative estimate of drug-likeness (QED) is 0.829. The standard InChI is InChI=1S/C15H19FN2O2/c1-3-14(19)17-7-8-18(11(2)10-17)15(20)12-5-4-6-13(16)9-12/h4-6,9,11H,3,7-8,10H2,1-2H3. The molecule has 4 nitrogen and oxygen atoms in total. The van der Waals surface area contributed by atoms with Crippen LogP contribution in [-0.4, -0.2) is 47.3 Å². The molecule has 0 aliphatic carbocycles. The Balaban J connectivity index is 2.07. The summed E-state index contributed by atoms with van der Waals surface area (Å²) in [5.74, 6) is -0.487. The molecule has 0 saturated carbocycles. The van der Waals surface area contributed by atoms with E-state index in [1.165, 1.54) is 18.2 Å². The Morgan fingerprint density at radius 3 is 2.70 bits per heavy atom. The van der Waals surface area contributed by atoms with Crippen LogP contribution in [0.5, 0.6) is 0 Å². The lowest BCUT2D eigenvalue weighted by Crippen LogP contribution is -2.55. The summed E-state index contributed by atoms with van der Waals surface area (Å²) in [7, 11) is 0. The van der Waals surface area contributed by atoms with Gasteiger partial charge in [-0.25, -0.2) is 4.39 Å². The van der Waals surface area contributed by atoms with Gasteiger partial charge in [0, 0.05) is 37.7 Å². The molecule has 1 atom stereocenters. The van der Waals surface area contributed by atoms with Gasteiger partial charge in [-0.05, 0) is 25.1 Å². The number of benzene rings is 1. The third-order valence-corrected chi connectivity index (χ3v) is 3.62. The summed E-state index contributed by atoms with van der Waals surface area (Å²) in [6.07, 6.45) is 0.477. The fourth-order valence-electron chi connectivity index (χ4n) is 2.50. The maximum atomic E-state index is 13.2. The second-order valence-electron chi connectivity index (χ2n) is 5.05. The van der Waals surface area contributed by atoms with Crippen LogP contribution in [0.3, 0.4) is 0 Å². The van der Waals surface area contributed by atoms with Crippen molar-refractivity contribution in [3.05, 3.63) is 35.6 Å². The smallest absolute Gasteiger partial charge is 0.254 e. The summed E-state index contributed by atoms with van der Waals surface area (Å²) >= 11 is 0. The lowest BCUT2D eigenvalue weighted by atomic mass is 10.1. The summed E-state index contributed by atoms with van der Waals surface area (Å²) in [4.78, 5) is 27.5. The first-order valence-electron chi connectivity index (χ1n) is 6.87. The first kappa shape index (κ1) is 14.5. The Kier molecular flexibility index (Phi) is 4.37. The minimum absolute atomic E-state index is 0.0602. The highest BCUT2D eigenvalue weighted by atomic mass is 19.1. The molecule has 1 saturated heterocycles. The zero-order valence-corrected chi connectivity index (χ0v) is 11.8. The molecule has 1 unspecified atom stereocenters. The maximum absolute atomic E-state index is 13.2. The van der Waals surface area contributed by atoms with Crippen LogP contribution < -0.4 is 0 Å². The van der Waals surface area contributed by atoms with Gasteiger partial charge in [-0.15, -0.1) is 0 Å². The second kappa shape index (κ2) is 6.03. The van der Waals surface area contributed by atoms with Gasteiger partial charge < -0.3 is 9.80 Å². The van der Waals surface area contributed by atoms with E-state index in [-0.39, 0.29) is 17.9 Å². The fraction of sp³-hybridized carbons (Fsp3) is 0.467. The van der Waals surface area contributed by atoms with Crippen molar-refractivity contribution in [1.82, 2.24) is 9.80 Å². The number of carbonyl (C=O) groups is 2. The number of halogens is 1. The molecule has 1 fully saturated rings. The monoisotopic (exact) mass is 278 g/mol. The average molecular weight is 278 g/mol. The Labute approximate surface area is 118 Å². The number of rotatable bonds is 2. The van der Waals surface area contributed by atoms with E-state index in [0.717, 1.165) is 0 Å². The van der Waals surface area contributed by atoms with Crippen LogP contribution in [0.2, 0.25) is 0 Å². The first-order chi connectivity index (χ1) is 9.52. The molecule has 108 valence electrons. The molecule has 0 bridgehead atoms. The van der Waals surface area contributed by atoms with E-state index < -0.39 is 5.82 Å². The van der Waals surface area contributed by atoms with Crippen molar-refractivity contribution in [3.8, 4) is 0 Å². The topological polar surface area (TPSA) is 40.6 Å².